The molecule has 0 amide bonds. The highest BCUT2D eigenvalue weighted by molar-refractivity contribution is 5.81. The number of H-pyrrole nitrogens is 1. The van der Waals surface area contributed by atoms with E-state index in [2.05, 4.69) is 20.6 Å². The summed E-state index contributed by atoms with van der Waals surface area (Å²) in [5.74, 6) is -0.459. The average molecular weight is 337 g/mol. The standard InChI is InChI=1S/C18H19N5O2/c1-2-18(19,17(24)25)11-12-7-9-13(10-8-12)14-5-3-4-6-15(14)16-20-22-23-21-16/h3-10H,2,11,19H2,1H3,(H,24,25)(H,20,21,22,23). The van der Waals surface area contributed by atoms with Gasteiger partial charge in [-0.05, 0) is 28.3 Å². The van der Waals surface area contributed by atoms with E-state index in [1.807, 2.05) is 48.5 Å². The number of nitrogens with zero attached hydrogens (tertiary/aromatic N) is 3. The summed E-state index contributed by atoms with van der Waals surface area (Å²) in [5, 5.41) is 23.5. The normalized spacial score (nSPS) is 13.4. The molecular formula is C18H19N5O2. The summed E-state index contributed by atoms with van der Waals surface area (Å²) in [5.41, 5.74) is 8.45. The van der Waals surface area contributed by atoms with Gasteiger partial charge in [-0.25, -0.2) is 0 Å². The first-order valence-electron chi connectivity index (χ1n) is 7.98. The number of carbonyl (C=O) groups is 1. The summed E-state index contributed by atoms with van der Waals surface area (Å²) in [6, 6.07) is 15.5. The fourth-order valence-electron chi connectivity index (χ4n) is 2.72. The molecule has 0 saturated carbocycles. The molecule has 1 atom stereocenters. The van der Waals surface area contributed by atoms with Crippen molar-refractivity contribution in [3.05, 3.63) is 54.1 Å². The Morgan fingerprint density at radius 2 is 1.84 bits per heavy atom. The first kappa shape index (κ1) is 16.8. The topological polar surface area (TPSA) is 118 Å². The number of benzene rings is 2. The highest BCUT2D eigenvalue weighted by Crippen LogP contribution is 2.30. The van der Waals surface area contributed by atoms with Crippen LogP contribution in [0.4, 0.5) is 0 Å². The van der Waals surface area contributed by atoms with E-state index >= 15 is 0 Å². The summed E-state index contributed by atoms with van der Waals surface area (Å²) in [7, 11) is 0. The highest BCUT2D eigenvalue weighted by atomic mass is 16.4. The summed E-state index contributed by atoms with van der Waals surface area (Å²) in [4.78, 5) is 11.4. The zero-order chi connectivity index (χ0) is 17.9. The van der Waals surface area contributed by atoms with Crippen LogP contribution in [0.15, 0.2) is 48.5 Å². The molecule has 0 aliphatic rings. The maximum absolute atomic E-state index is 11.4. The second kappa shape index (κ2) is 6.82. The van der Waals surface area contributed by atoms with Gasteiger partial charge in [-0.1, -0.05) is 55.5 Å². The Hall–Kier alpha value is -3.06. The van der Waals surface area contributed by atoms with Gasteiger partial charge in [0, 0.05) is 12.0 Å². The Labute approximate surface area is 144 Å². The van der Waals surface area contributed by atoms with Gasteiger partial charge in [0.25, 0.3) is 0 Å². The zero-order valence-electron chi connectivity index (χ0n) is 13.8. The summed E-state index contributed by atoms with van der Waals surface area (Å²) in [6.45, 7) is 1.78. The van der Waals surface area contributed by atoms with E-state index in [1.54, 1.807) is 6.92 Å². The summed E-state index contributed by atoms with van der Waals surface area (Å²) >= 11 is 0. The lowest BCUT2D eigenvalue weighted by Crippen LogP contribution is -2.49. The van der Waals surface area contributed by atoms with Gasteiger partial charge in [-0.2, -0.15) is 5.21 Å². The van der Waals surface area contributed by atoms with Crippen molar-refractivity contribution in [3.63, 3.8) is 0 Å². The van der Waals surface area contributed by atoms with Crippen LogP contribution in [0.2, 0.25) is 0 Å². The molecule has 3 aromatic rings. The summed E-state index contributed by atoms with van der Waals surface area (Å²) < 4.78 is 0. The van der Waals surface area contributed by atoms with E-state index in [-0.39, 0.29) is 6.42 Å². The van der Waals surface area contributed by atoms with E-state index in [0.29, 0.717) is 12.2 Å². The third-order valence-corrected chi connectivity index (χ3v) is 4.35. The molecule has 3 rings (SSSR count). The van der Waals surface area contributed by atoms with Gasteiger partial charge in [-0.3, -0.25) is 4.79 Å². The SMILES string of the molecule is CCC(N)(Cc1ccc(-c2ccccc2-c2nn[nH]n2)cc1)C(=O)O. The molecule has 7 nitrogen and oxygen atoms in total. The van der Waals surface area contributed by atoms with Gasteiger partial charge < -0.3 is 10.8 Å². The second-order valence-corrected chi connectivity index (χ2v) is 5.97. The molecule has 0 radical (unpaired) electrons. The molecule has 7 heteroatoms. The molecule has 0 bridgehead atoms. The Bertz CT molecular complexity index is 861. The third kappa shape index (κ3) is 3.41. The van der Waals surface area contributed by atoms with Gasteiger partial charge in [0.05, 0.1) is 0 Å². The summed E-state index contributed by atoms with van der Waals surface area (Å²) in [6.07, 6.45) is 0.649. The minimum Gasteiger partial charge on any atom is -0.480 e. The van der Waals surface area contributed by atoms with Crippen LogP contribution in [-0.4, -0.2) is 37.2 Å². The van der Waals surface area contributed by atoms with Crippen LogP contribution in [0.25, 0.3) is 22.5 Å². The van der Waals surface area contributed by atoms with Crippen LogP contribution < -0.4 is 5.73 Å². The minimum atomic E-state index is -1.25. The smallest absolute Gasteiger partial charge is 0.324 e. The molecule has 0 spiro atoms. The molecule has 0 aliphatic heterocycles. The van der Waals surface area contributed by atoms with Crippen molar-refractivity contribution in [2.45, 2.75) is 25.3 Å². The van der Waals surface area contributed by atoms with Crippen molar-refractivity contribution in [1.82, 2.24) is 20.6 Å². The molecule has 1 heterocycles. The molecule has 0 saturated heterocycles. The van der Waals surface area contributed by atoms with Crippen LogP contribution in [-0.2, 0) is 11.2 Å². The molecule has 128 valence electrons. The Morgan fingerprint density at radius 3 is 2.40 bits per heavy atom. The number of nitrogens with two attached hydrogens (primary N) is 1. The average Bonchev–Trinajstić information content (AvgIpc) is 3.16. The van der Waals surface area contributed by atoms with Gasteiger partial charge in [0.1, 0.15) is 5.54 Å². The molecule has 1 aromatic heterocycles. The number of tetrazole rings is 1. The number of hydrogen-bond donors (Lipinski definition) is 3. The van der Waals surface area contributed by atoms with Crippen molar-refractivity contribution in [1.29, 1.82) is 0 Å². The van der Waals surface area contributed by atoms with Gasteiger partial charge in [-0.15, -0.1) is 10.2 Å². The molecule has 0 aliphatic carbocycles. The van der Waals surface area contributed by atoms with Crippen molar-refractivity contribution in [2.24, 2.45) is 5.73 Å². The van der Waals surface area contributed by atoms with E-state index in [0.717, 1.165) is 22.3 Å². The quantitative estimate of drug-likeness (QED) is 0.635. The van der Waals surface area contributed by atoms with E-state index in [1.165, 1.54) is 0 Å². The highest BCUT2D eigenvalue weighted by Gasteiger charge is 2.31. The van der Waals surface area contributed by atoms with E-state index < -0.39 is 11.5 Å². The van der Waals surface area contributed by atoms with Crippen LogP contribution in [0.5, 0.6) is 0 Å². The molecule has 1 unspecified atom stereocenters. The molecule has 2 aromatic carbocycles. The fourth-order valence-corrected chi connectivity index (χ4v) is 2.72. The zero-order valence-corrected chi connectivity index (χ0v) is 13.8. The van der Waals surface area contributed by atoms with Crippen LogP contribution in [0.1, 0.15) is 18.9 Å². The third-order valence-electron chi connectivity index (χ3n) is 4.35. The monoisotopic (exact) mass is 337 g/mol. The number of nitrogens with one attached hydrogen (secondary N) is 1. The van der Waals surface area contributed by atoms with Crippen LogP contribution in [0, 0.1) is 0 Å². The van der Waals surface area contributed by atoms with Crippen molar-refractivity contribution in [2.75, 3.05) is 0 Å². The molecule has 4 N–H and O–H groups in total. The molecule has 0 fully saturated rings. The number of aromatic nitrogens is 4. The second-order valence-electron chi connectivity index (χ2n) is 5.97. The maximum atomic E-state index is 11.4. The Kier molecular flexibility index (Phi) is 4.58. The van der Waals surface area contributed by atoms with E-state index in [4.69, 9.17) is 5.73 Å². The maximum Gasteiger partial charge on any atom is 0.324 e. The Balaban J connectivity index is 1.91. The van der Waals surface area contributed by atoms with Crippen molar-refractivity contribution < 1.29 is 9.90 Å². The van der Waals surface area contributed by atoms with Gasteiger partial charge in [0.2, 0.25) is 5.82 Å². The number of aromatic amines is 1. The van der Waals surface area contributed by atoms with E-state index in [9.17, 15) is 9.90 Å². The lowest BCUT2D eigenvalue weighted by molar-refractivity contribution is -0.143. The first-order chi connectivity index (χ1) is 12.0. The van der Waals surface area contributed by atoms with Crippen LogP contribution >= 0.6 is 0 Å². The van der Waals surface area contributed by atoms with Crippen molar-refractivity contribution in [3.8, 4) is 22.5 Å². The molecule has 25 heavy (non-hydrogen) atoms. The number of carboxylic acid groups (broad SMARTS) is 1. The van der Waals surface area contributed by atoms with Crippen LogP contribution in [0.3, 0.4) is 0 Å². The lowest BCUT2D eigenvalue weighted by Gasteiger charge is -2.23. The lowest BCUT2D eigenvalue weighted by atomic mass is 9.88. The number of rotatable bonds is 6. The first-order valence-corrected chi connectivity index (χ1v) is 7.98. The minimum absolute atomic E-state index is 0.283. The van der Waals surface area contributed by atoms with Gasteiger partial charge >= 0.3 is 5.97 Å². The van der Waals surface area contributed by atoms with Crippen molar-refractivity contribution >= 4 is 5.97 Å². The number of hydrogen-bond acceptors (Lipinski definition) is 5. The Morgan fingerprint density at radius 1 is 1.16 bits per heavy atom. The van der Waals surface area contributed by atoms with Gasteiger partial charge in [0.15, 0.2) is 0 Å². The fraction of sp³-hybridized carbons (Fsp3) is 0.222. The molecular weight excluding hydrogens is 318 g/mol. The predicted octanol–water partition coefficient (Wildman–Crippen LogP) is 2.27. The number of carboxylic acids is 1. The predicted molar refractivity (Wildman–Crippen MR) is 93.6 cm³/mol. The number of aliphatic carboxylic acids is 1. The largest absolute Gasteiger partial charge is 0.480 e.